The highest BCUT2D eigenvalue weighted by atomic mass is 32.2. The van der Waals surface area contributed by atoms with Crippen LogP contribution in [0.15, 0.2) is 0 Å². The third kappa shape index (κ3) is 4.14. The van der Waals surface area contributed by atoms with Gasteiger partial charge >= 0.3 is 5.97 Å². The summed E-state index contributed by atoms with van der Waals surface area (Å²) >= 11 is 1.88. The first-order valence-electron chi connectivity index (χ1n) is 8.17. The molecule has 1 heterocycles. The van der Waals surface area contributed by atoms with Crippen LogP contribution in [0.2, 0.25) is 0 Å². The molecule has 1 aliphatic heterocycles. The van der Waals surface area contributed by atoms with Crippen molar-refractivity contribution in [1.82, 2.24) is 5.32 Å². The topological polar surface area (TPSA) is 47.6 Å². The molecule has 0 aromatic rings. The Morgan fingerprint density at radius 2 is 2.14 bits per heavy atom. The van der Waals surface area contributed by atoms with Gasteiger partial charge in [-0.05, 0) is 52.9 Å². The lowest BCUT2D eigenvalue weighted by Crippen LogP contribution is -2.59. The average molecular weight is 315 g/mol. The van der Waals surface area contributed by atoms with Crippen molar-refractivity contribution in [3.8, 4) is 0 Å². The summed E-state index contributed by atoms with van der Waals surface area (Å²) in [6.07, 6.45) is 3.61. The molecule has 0 bridgehead atoms. The number of rotatable bonds is 8. The van der Waals surface area contributed by atoms with Crippen molar-refractivity contribution in [2.24, 2.45) is 5.92 Å². The Bertz CT molecular complexity index is 359. The van der Waals surface area contributed by atoms with E-state index in [4.69, 9.17) is 9.47 Å². The smallest absolute Gasteiger partial charge is 0.327 e. The standard InChI is InChI=1S/C16H29NO3S/c1-5-19-15(18)16(13-6-7-13,17-11(2)3)10-21-14-8-9-20-12(14)4/h11-14,17H,5-10H2,1-4H3. The quantitative estimate of drug-likeness (QED) is 0.698. The molecule has 2 aliphatic rings. The highest BCUT2D eigenvalue weighted by Crippen LogP contribution is 2.44. The maximum absolute atomic E-state index is 12.6. The second kappa shape index (κ2) is 7.34. The summed E-state index contributed by atoms with van der Waals surface area (Å²) in [4.78, 5) is 12.6. The van der Waals surface area contributed by atoms with Gasteiger partial charge in [0, 0.05) is 23.7 Å². The largest absolute Gasteiger partial charge is 0.465 e. The molecule has 3 unspecified atom stereocenters. The number of esters is 1. The third-order valence-electron chi connectivity index (χ3n) is 4.29. The van der Waals surface area contributed by atoms with Gasteiger partial charge in [0.25, 0.3) is 0 Å². The minimum atomic E-state index is -0.517. The molecule has 1 saturated heterocycles. The van der Waals surface area contributed by atoms with Crippen molar-refractivity contribution in [2.45, 2.75) is 69.9 Å². The Kier molecular flexibility index (Phi) is 5.97. The van der Waals surface area contributed by atoms with Crippen LogP contribution in [0.3, 0.4) is 0 Å². The van der Waals surface area contributed by atoms with E-state index < -0.39 is 5.54 Å². The van der Waals surface area contributed by atoms with Crippen LogP contribution in [-0.2, 0) is 14.3 Å². The number of carbonyl (C=O) groups is 1. The molecule has 3 atom stereocenters. The number of hydrogen-bond donors (Lipinski definition) is 1. The van der Waals surface area contributed by atoms with Crippen molar-refractivity contribution >= 4 is 17.7 Å². The van der Waals surface area contributed by atoms with Gasteiger partial charge in [0.1, 0.15) is 5.54 Å². The van der Waals surface area contributed by atoms with Gasteiger partial charge in [0.15, 0.2) is 0 Å². The summed E-state index contributed by atoms with van der Waals surface area (Å²) in [5.41, 5.74) is -0.517. The van der Waals surface area contributed by atoms with E-state index in [0.717, 1.165) is 31.6 Å². The Hall–Kier alpha value is -0.260. The minimum Gasteiger partial charge on any atom is -0.465 e. The molecular formula is C16H29NO3S. The van der Waals surface area contributed by atoms with E-state index in [1.807, 2.05) is 18.7 Å². The van der Waals surface area contributed by atoms with Gasteiger partial charge in [-0.15, -0.1) is 0 Å². The molecule has 1 aliphatic carbocycles. The summed E-state index contributed by atoms with van der Waals surface area (Å²) in [5.74, 6) is 1.14. The molecule has 4 nitrogen and oxygen atoms in total. The van der Waals surface area contributed by atoms with Crippen LogP contribution >= 0.6 is 11.8 Å². The maximum Gasteiger partial charge on any atom is 0.327 e. The first-order chi connectivity index (χ1) is 9.99. The van der Waals surface area contributed by atoms with E-state index in [0.29, 0.717) is 17.8 Å². The first-order valence-corrected chi connectivity index (χ1v) is 9.22. The lowest BCUT2D eigenvalue weighted by molar-refractivity contribution is -0.151. The van der Waals surface area contributed by atoms with Crippen molar-refractivity contribution < 1.29 is 14.3 Å². The highest BCUT2D eigenvalue weighted by molar-refractivity contribution is 8.00. The van der Waals surface area contributed by atoms with Crippen molar-refractivity contribution in [3.63, 3.8) is 0 Å². The lowest BCUT2D eigenvalue weighted by Gasteiger charge is -2.35. The van der Waals surface area contributed by atoms with Crippen LogP contribution < -0.4 is 5.32 Å². The van der Waals surface area contributed by atoms with Gasteiger partial charge in [0.05, 0.1) is 12.7 Å². The summed E-state index contributed by atoms with van der Waals surface area (Å²) in [6.45, 7) is 9.49. The van der Waals surface area contributed by atoms with E-state index in [2.05, 4.69) is 26.1 Å². The van der Waals surface area contributed by atoms with Crippen LogP contribution in [-0.4, -0.2) is 47.9 Å². The van der Waals surface area contributed by atoms with Crippen molar-refractivity contribution in [2.75, 3.05) is 19.0 Å². The first kappa shape index (κ1) is 17.1. The molecule has 0 aromatic carbocycles. The van der Waals surface area contributed by atoms with E-state index >= 15 is 0 Å². The summed E-state index contributed by atoms with van der Waals surface area (Å²) in [5, 5.41) is 4.03. The SMILES string of the molecule is CCOC(=O)C(CSC1CCOC1C)(NC(C)C)C1CC1. The monoisotopic (exact) mass is 315 g/mol. The lowest BCUT2D eigenvalue weighted by atomic mass is 9.94. The number of ether oxygens (including phenoxy) is 2. The predicted molar refractivity (Wildman–Crippen MR) is 86.6 cm³/mol. The second-order valence-electron chi connectivity index (χ2n) is 6.48. The van der Waals surface area contributed by atoms with Crippen LogP contribution in [0.4, 0.5) is 0 Å². The second-order valence-corrected chi connectivity index (χ2v) is 7.71. The summed E-state index contributed by atoms with van der Waals surface area (Å²) in [7, 11) is 0. The number of carbonyl (C=O) groups excluding carboxylic acids is 1. The number of thioether (sulfide) groups is 1. The van der Waals surface area contributed by atoms with E-state index in [-0.39, 0.29) is 18.1 Å². The molecule has 21 heavy (non-hydrogen) atoms. The number of hydrogen-bond acceptors (Lipinski definition) is 5. The van der Waals surface area contributed by atoms with Gasteiger partial charge in [-0.3, -0.25) is 10.1 Å². The molecule has 2 rings (SSSR count). The fourth-order valence-corrected chi connectivity index (χ4v) is 4.61. The molecule has 122 valence electrons. The van der Waals surface area contributed by atoms with Crippen LogP contribution in [0, 0.1) is 5.92 Å². The predicted octanol–water partition coefficient (Wildman–Crippen LogP) is 2.61. The molecule has 0 radical (unpaired) electrons. The molecule has 0 spiro atoms. The highest BCUT2D eigenvalue weighted by Gasteiger charge is 2.52. The summed E-state index contributed by atoms with van der Waals surface area (Å²) < 4.78 is 11.0. The zero-order valence-corrected chi connectivity index (χ0v) is 14.5. The zero-order chi connectivity index (χ0) is 15.5. The molecule has 2 fully saturated rings. The summed E-state index contributed by atoms with van der Waals surface area (Å²) in [6, 6.07) is 0.271. The molecular weight excluding hydrogens is 286 g/mol. The van der Waals surface area contributed by atoms with Gasteiger partial charge < -0.3 is 9.47 Å². The fraction of sp³-hybridized carbons (Fsp3) is 0.938. The van der Waals surface area contributed by atoms with Gasteiger partial charge in [-0.25, -0.2) is 0 Å². The van der Waals surface area contributed by atoms with Crippen molar-refractivity contribution in [3.05, 3.63) is 0 Å². The molecule has 0 aromatic heterocycles. The van der Waals surface area contributed by atoms with Crippen LogP contribution in [0.25, 0.3) is 0 Å². The Balaban J connectivity index is 2.07. The van der Waals surface area contributed by atoms with Crippen LogP contribution in [0.1, 0.15) is 47.0 Å². The van der Waals surface area contributed by atoms with E-state index in [1.54, 1.807) is 0 Å². The minimum absolute atomic E-state index is 0.0692. The Labute approximate surface area is 132 Å². The maximum atomic E-state index is 12.6. The number of nitrogens with one attached hydrogen (secondary N) is 1. The van der Waals surface area contributed by atoms with Gasteiger partial charge in [-0.2, -0.15) is 11.8 Å². The van der Waals surface area contributed by atoms with Crippen LogP contribution in [0.5, 0.6) is 0 Å². The molecule has 1 N–H and O–H groups in total. The normalized spacial score (nSPS) is 28.6. The van der Waals surface area contributed by atoms with E-state index in [1.165, 1.54) is 0 Å². The van der Waals surface area contributed by atoms with Crippen molar-refractivity contribution in [1.29, 1.82) is 0 Å². The van der Waals surface area contributed by atoms with E-state index in [9.17, 15) is 4.79 Å². The Morgan fingerprint density at radius 1 is 1.43 bits per heavy atom. The average Bonchev–Trinajstić information content (AvgIpc) is 3.19. The van der Waals surface area contributed by atoms with Gasteiger partial charge in [0.2, 0.25) is 0 Å². The molecule has 0 amide bonds. The fourth-order valence-electron chi connectivity index (χ4n) is 3.08. The molecule has 1 saturated carbocycles. The van der Waals surface area contributed by atoms with Gasteiger partial charge in [-0.1, -0.05) is 0 Å². The zero-order valence-electron chi connectivity index (χ0n) is 13.7. The molecule has 5 heteroatoms. The Morgan fingerprint density at radius 3 is 2.62 bits per heavy atom. The third-order valence-corrected chi connectivity index (χ3v) is 5.96.